The van der Waals surface area contributed by atoms with Gasteiger partial charge in [-0.1, -0.05) is 158 Å². The van der Waals surface area contributed by atoms with Crippen molar-refractivity contribution < 1.29 is 0 Å². The maximum atomic E-state index is 7.45. The molecule has 9 aromatic rings. The first-order valence-electron chi connectivity index (χ1n) is 17.1. The third-order valence-corrected chi connectivity index (χ3v) is 9.72. The number of rotatable bonds is 5. The van der Waals surface area contributed by atoms with Crippen molar-refractivity contribution >= 4 is 43.8 Å². The van der Waals surface area contributed by atoms with Gasteiger partial charge in [0.2, 0.25) is 0 Å². The van der Waals surface area contributed by atoms with E-state index in [0.717, 1.165) is 60.8 Å². The summed E-state index contributed by atoms with van der Waals surface area (Å²) in [6, 6.07) is 58.2. The minimum absolute atomic E-state index is 0.464. The zero-order valence-corrected chi connectivity index (χ0v) is 28.0. The molecule has 0 amide bonds. The summed E-state index contributed by atoms with van der Waals surface area (Å²) in [6.07, 6.45) is 0. The number of nitrogens with zero attached hydrogens (tertiary/aromatic N) is 4. The number of hydrogen-bond donors (Lipinski definition) is 0. The van der Waals surface area contributed by atoms with Crippen molar-refractivity contribution in [2.75, 3.05) is 0 Å². The van der Waals surface area contributed by atoms with Crippen LogP contribution in [0.1, 0.15) is 0 Å². The van der Waals surface area contributed by atoms with Gasteiger partial charge in [-0.3, -0.25) is 0 Å². The lowest BCUT2D eigenvalue weighted by molar-refractivity contribution is 1.23. The average molecular weight is 661 g/mol. The SMILES string of the molecule is [C-]#[N+]c1cc([N+]#[C-])cc(-c2ccc(-c3ccc(-c4nc(-c5ccc(-c6cccc7ccccc67)cc5)c5ccccc5n4)c4ccccc34)cc2)c1. The predicted molar refractivity (Wildman–Crippen MR) is 214 cm³/mol. The van der Waals surface area contributed by atoms with Gasteiger partial charge in [-0.15, -0.1) is 0 Å². The minimum atomic E-state index is 0.464. The zero-order valence-electron chi connectivity index (χ0n) is 28.0. The van der Waals surface area contributed by atoms with E-state index >= 15 is 0 Å². The maximum absolute atomic E-state index is 7.45. The quantitative estimate of drug-likeness (QED) is 0.172. The molecule has 0 radical (unpaired) electrons. The highest BCUT2D eigenvalue weighted by atomic mass is 14.9. The Kier molecular flexibility index (Phi) is 7.55. The van der Waals surface area contributed by atoms with Gasteiger partial charge in [-0.05, 0) is 67.1 Å². The molecule has 0 aliphatic rings. The van der Waals surface area contributed by atoms with Gasteiger partial charge in [0.15, 0.2) is 17.2 Å². The zero-order chi connectivity index (χ0) is 35.0. The monoisotopic (exact) mass is 660 g/mol. The van der Waals surface area contributed by atoms with Crippen LogP contribution in [-0.2, 0) is 0 Å². The fourth-order valence-electron chi connectivity index (χ4n) is 7.18. The second-order valence-corrected chi connectivity index (χ2v) is 12.8. The predicted octanol–water partition coefficient (Wildman–Crippen LogP) is 13.4. The average Bonchev–Trinajstić information content (AvgIpc) is 3.22. The van der Waals surface area contributed by atoms with Crippen LogP contribution in [0.4, 0.5) is 11.4 Å². The molecule has 4 heteroatoms. The van der Waals surface area contributed by atoms with E-state index in [2.05, 4.69) is 149 Å². The Morgan fingerprint density at radius 2 is 0.885 bits per heavy atom. The van der Waals surface area contributed by atoms with Gasteiger partial charge >= 0.3 is 0 Å². The third-order valence-electron chi connectivity index (χ3n) is 9.72. The van der Waals surface area contributed by atoms with Gasteiger partial charge in [0, 0.05) is 16.5 Å². The number of hydrogen-bond acceptors (Lipinski definition) is 2. The van der Waals surface area contributed by atoms with Crippen LogP contribution < -0.4 is 0 Å². The number of aromatic nitrogens is 2. The van der Waals surface area contributed by atoms with Gasteiger partial charge < -0.3 is 0 Å². The molecule has 0 N–H and O–H groups in total. The van der Waals surface area contributed by atoms with E-state index in [-0.39, 0.29) is 0 Å². The van der Waals surface area contributed by atoms with E-state index < -0.39 is 0 Å². The fourth-order valence-corrected chi connectivity index (χ4v) is 7.18. The standard InChI is InChI=1S/C48H28N4/c1-49-37-28-36(29-38(30-37)50-2)31-18-20-34(21-19-31)41-26-27-44(43-14-6-5-13-42(41)43)48-51-46-17-8-7-15-45(46)47(52-48)35-24-22-33(23-25-35)40-16-9-11-32-10-3-4-12-39(32)40/h3-30H. The second kappa shape index (κ2) is 12.8. The highest BCUT2D eigenvalue weighted by Gasteiger charge is 2.16. The van der Waals surface area contributed by atoms with Crippen LogP contribution in [0.5, 0.6) is 0 Å². The van der Waals surface area contributed by atoms with Gasteiger partial charge in [-0.25, -0.2) is 19.7 Å². The lowest BCUT2D eigenvalue weighted by Gasteiger charge is -2.14. The summed E-state index contributed by atoms with van der Waals surface area (Å²) in [4.78, 5) is 17.5. The second-order valence-electron chi connectivity index (χ2n) is 12.8. The normalized spacial score (nSPS) is 11.0. The molecule has 0 atom stereocenters. The summed E-state index contributed by atoms with van der Waals surface area (Å²) < 4.78 is 0. The molecular weight excluding hydrogens is 633 g/mol. The van der Waals surface area contributed by atoms with Crippen LogP contribution in [0.2, 0.25) is 0 Å². The highest BCUT2D eigenvalue weighted by molar-refractivity contribution is 6.05. The van der Waals surface area contributed by atoms with Crippen molar-refractivity contribution in [2.45, 2.75) is 0 Å². The van der Waals surface area contributed by atoms with Crippen LogP contribution in [0.15, 0.2) is 170 Å². The van der Waals surface area contributed by atoms with Gasteiger partial charge in [0.1, 0.15) is 0 Å². The summed E-state index contributed by atoms with van der Waals surface area (Å²) in [5.41, 5.74) is 11.1. The van der Waals surface area contributed by atoms with Crippen molar-refractivity contribution in [3.63, 3.8) is 0 Å². The molecule has 0 spiro atoms. The largest absolute Gasteiger partial charge is 0.239 e. The Bertz CT molecular complexity index is 2870. The molecule has 0 aliphatic carbocycles. The number of fused-ring (bicyclic) bond motifs is 3. The Labute approximate surface area is 301 Å². The molecule has 0 unspecified atom stereocenters. The van der Waals surface area contributed by atoms with Gasteiger partial charge in [0.05, 0.1) is 24.4 Å². The van der Waals surface area contributed by atoms with Crippen LogP contribution in [0.25, 0.3) is 98.2 Å². The lowest BCUT2D eigenvalue weighted by Crippen LogP contribution is -1.96. The third kappa shape index (κ3) is 5.42. The smallest absolute Gasteiger partial charge is 0.177 e. The van der Waals surface area contributed by atoms with E-state index in [9.17, 15) is 0 Å². The Hall–Kier alpha value is -7.40. The summed E-state index contributed by atoms with van der Waals surface area (Å²) in [6.45, 7) is 14.9. The number of para-hydroxylation sites is 1. The molecule has 0 fully saturated rings. The number of benzene rings is 8. The molecule has 8 aromatic carbocycles. The summed E-state index contributed by atoms with van der Waals surface area (Å²) in [5.74, 6) is 0.681. The lowest BCUT2D eigenvalue weighted by atomic mass is 9.93. The molecule has 4 nitrogen and oxygen atoms in total. The van der Waals surface area contributed by atoms with Crippen LogP contribution in [-0.4, -0.2) is 9.97 Å². The summed E-state index contributed by atoms with van der Waals surface area (Å²) >= 11 is 0. The molecule has 1 aromatic heterocycles. The van der Waals surface area contributed by atoms with E-state index in [1.54, 1.807) is 6.07 Å². The van der Waals surface area contributed by atoms with Gasteiger partial charge in [-0.2, -0.15) is 0 Å². The first-order valence-corrected chi connectivity index (χ1v) is 17.1. The van der Waals surface area contributed by atoms with E-state index in [0.29, 0.717) is 17.2 Å². The molecule has 0 aliphatic heterocycles. The fraction of sp³-hybridized carbons (Fsp3) is 0. The van der Waals surface area contributed by atoms with Crippen LogP contribution in [0, 0.1) is 13.1 Å². The van der Waals surface area contributed by atoms with Crippen molar-refractivity contribution in [1.29, 1.82) is 0 Å². The molecular formula is C48H28N4. The van der Waals surface area contributed by atoms with Crippen molar-refractivity contribution in [1.82, 2.24) is 9.97 Å². The Morgan fingerprint density at radius 1 is 0.365 bits per heavy atom. The van der Waals surface area contributed by atoms with Crippen LogP contribution in [0.3, 0.4) is 0 Å². The van der Waals surface area contributed by atoms with Gasteiger partial charge in [0.25, 0.3) is 0 Å². The minimum Gasteiger partial charge on any atom is -0.239 e. The molecule has 1 heterocycles. The van der Waals surface area contributed by atoms with E-state index in [1.165, 1.54) is 21.9 Å². The molecule has 52 heavy (non-hydrogen) atoms. The highest BCUT2D eigenvalue weighted by Crippen LogP contribution is 2.39. The summed E-state index contributed by atoms with van der Waals surface area (Å²) in [5, 5.41) is 5.65. The van der Waals surface area contributed by atoms with E-state index in [4.69, 9.17) is 23.1 Å². The topological polar surface area (TPSA) is 34.5 Å². The first kappa shape index (κ1) is 30.6. The molecule has 240 valence electrons. The molecule has 0 saturated heterocycles. The van der Waals surface area contributed by atoms with Crippen LogP contribution >= 0.6 is 0 Å². The first-order chi connectivity index (χ1) is 25.7. The van der Waals surface area contributed by atoms with E-state index in [1.807, 2.05) is 24.3 Å². The molecule has 9 rings (SSSR count). The van der Waals surface area contributed by atoms with Crippen molar-refractivity contribution in [3.05, 3.63) is 193 Å². The Morgan fingerprint density at radius 3 is 1.58 bits per heavy atom. The summed E-state index contributed by atoms with van der Waals surface area (Å²) in [7, 11) is 0. The maximum Gasteiger partial charge on any atom is 0.177 e. The van der Waals surface area contributed by atoms with Crippen molar-refractivity contribution in [3.8, 4) is 56.0 Å². The van der Waals surface area contributed by atoms with Crippen molar-refractivity contribution in [2.24, 2.45) is 0 Å². The molecule has 0 saturated carbocycles. The molecule has 0 bridgehead atoms. The Balaban J connectivity index is 1.12.